The van der Waals surface area contributed by atoms with E-state index in [0.717, 1.165) is 25.7 Å². The predicted molar refractivity (Wildman–Crippen MR) is 69.4 cm³/mol. The summed E-state index contributed by atoms with van der Waals surface area (Å²) in [6.07, 6.45) is 5.40. The number of hydrogen-bond donors (Lipinski definition) is 3. The van der Waals surface area contributed by atoms with E-state index < -0.39 is 11.4 Å². The lowest BCUT2D eigenvalue weighted by atomic mass is 9.69. The molecule has 0 spiro atoms. The molecule has 2 amide bonds. The Morgan fingerprint density at radius 3 is 2.50 bits per heavy atom. The van der Waals surface area contributed by atoms with E-state index in [-0.39, 0.29) is 18.6 Å². The third-order valence-electron chi connectivity index (χ3n) is 3.72. The van der Waals surface area contributed by atoms with Crippen molar-refractivity contribution in [1.29, 1.82) is 0 Å². The molecule has 1 aliphatic rings. The van der Waals surface area contributed by atoms with Gasteiger partial charge in [-0.1, -0.05) is 26.2 Å². The highest BCUT2D eigenvalue weighted by atomic mass is 16.4. The van der Waals surface area contributed by atoms with E-state index in [9.17, 15) is 9.59 Å². The fourth-order valence-corrected chi connectivity index (χ4v) is 2.18. The zero-order valence-electron chi connectivity index (χ0n) is 11.3. The molecule has 0 aromatic rings. The molecule has 18 heavy (non-hydrogen) atoms. The van der Waals surface area contributed by atoms with Crippen LogP contribution in [0.25, 0.3) is 0 Å². The van der Waals surface area contributed by atoms with E-state index >= 15 is 0 Å². The minimum atomic E-state index is -0.798. The molecule has 5 nitrogen and oxygen atoms in total. The Labute approximate surface area is 108 Å². The fraction of sp³-hybridized carbons (Fsp3) is 0.846. The lowest BCUT2D eigenvalue weighted by Crippen LogP contribution is -2.50. The first kappa shape index (κ1) is 14.8. The van der Waals surface area contributed by atoms with Crippen LogP contribution in [0.1, 0.15) is 52.4 Å². The largest absolute Gasteiger partial charge is 0.481 e. The molecule has 0 aliphatic heterocycles. The molecule has 104 valence electrons. The lowest BCUT2D eigenvalue weighted by molar-refractivity contribution is -0.153. The van der Waals surface area contributed by atoms with Crippen LogP contribution in [0.3, 0.4) is 0 Å². The summed E-state index contributed by atoms with van der Waals surface area (Å²) in [7, 11) is 0. The second kappa shape index (κ2) is 6.61. The van der Waals surface area contributed by atoms with Gasteiger partial charge in [0.05, 0.1) is 5.41 Å². The number of amides is 2. The van der Waals surface area contributed by atoms with E-state index in [1.54, 1.807) is 0 Å². The van der Waals surface area contributed by atoms with Crippen molar-refractivity contribution in [1.82, 2.24) is 10.6 Å². The van der Waals surface area contributed by atoms with Crippen molar-refractivity contribution in [2.45, 2.75) is 58.4 Å². The van der Waals surface area contributed by atoms with Crippen molar-refractivity contribution >= 4 is 12.0 Å². The Kier molecular flexibility index (Phi) is 5.44. The maximum Gasteiger partial charge on any atom is 0.315 e. The van der Waals surface area contributed by atoms with Gasteiger partial charge in [0, 0.05) is 12.6 Å². The van der Waals surface area contributed by atoms with Gasteiger partial charge in [0.2, 0.25) is 0 Å². The van der Waals surface area contributed by atoms with Crippen LogP contribution in [0, 0.1) is 5.41 Å². The highest BCUT2D eigenvalue weighted by molar-refractivity contribution is 5.78. The Balaban J connectivity index is 2.26. The number of carboxylic acid groups (broad SMARTS) is 1. The molecular formula is C13H24N2O3. The number of carbonyl (C=O) groups excluding carboxylic acids is 1. The van der Waals surface area contributed by atoms with Gasteiger partial charge in [-0.25, -0.2) is 4.79 Å². The van der Waals surface area contributed by atoms with Crippen molar-refractivity contribution in [3.05, 3.63) is 0 Å². The molecule has 0 radical (unpaired) electrons. The van der Waals surface area contributed by atoms with Crippen LogP contribution in [0.2, 0.25) is 0 Å². The fourth-order valence-electron chi connectivity index (χ4n) is 2.18. The predicted octanol–water partition coefficient (Wildman–Crippen LogP) is 2.12. The van der Waals surface area contributed by atoms with Crippen molar-refractivity contribution in [3.8, 4) is 0 Å². The lowest BCUT2D eigenvalue weighted by Gasteiger charge is -2.37. The molecule has 0 aromatic heterocycles. The average molecular weight is 256 g/mol. The molecule has 1 aliphatic carbocycles. The SMILES string of the molecule is CCCCC(C)NC(=O)NCC1(C(=O)O)CCC1. The van der Waals surface area contributed by atoms with Crippen LogP contribution in [0.4, 0.5) is 4.79 Å². The van der Waals surface area contributed by atoms with Gasteiger partial charge in [0.1, 0.15) is 0 Å². The second-order valence-corrected chi connectivity index (χ2v) is 5.31. The van der Waals surface area contributed by atoms with E-state index in [2.05, 4.69) is 17.6 Å². The third-order valence-corrected chi connectivity index (χ3v) is 3.72. The molecule has 1 unspecified atom stereocenters. The zero-order valence-corrected chi connectivity index (χ0v) is 11.3. The molecule has 3 N–H and O–H groups in total. The summed E-state index contributed by atoms with van der Waals surface area (Å²) in [6.45, 7) is 4.31. The first-order valence-corrected chi connectivity index (χ1v) is 6.78. The van der Waals surface area contributed by atoms with Crippen molar-refractivity contribution in [2.24, 2.45) is 5.41 Å². The molecule has 0 bridgehead atoms. The normalized spacial score (nSPS) is 18.6. The van der Waals surface area contributed by atoms with Gasteiger partial charge in [0.25, 0.3) is 0 Å². The average Bonchev–Trinajstić information content (AvgIpc) is 2.24. The molecule has 0 heterocycles. The number of hydrogen-bond acceptors (Lipinski definition) is 2. The molecule has 1 rings (SSSR count). The van der Waals surface area contributed by atoms with Crippen LogP contribution in [-0.2, 0) is 4.79 Å². The summed E-state index contributed by atoms with van der Waals surface area (Å²) in [6, 6.07) is -0.127. The highest BCUT2D eigenvalue weighted by Gasteiger charge is 2.44. The summed E-state index contributed by atoms with van der Waals surface area (Å²) in [5, 5.41) is 14.6. The minimum absolute atomic E-state index is 0.132. The van der Waals surface area contributed by atoms with Crippen LogP contribution in [0.15, 0.2) is 0 Å². The molecule has 0 saturated heterocycles. The number of urea groups is 1. The Morgan fingerprint density at radius 2 is 2.06 bits per heavy atom. The van der Waals surface area contributed by atoms with Gasteiger partial charge in [-0.05, 0) is 26.2 Å². The summed E-state index contributed by atoms with van der Waals surface area (Å²) in [5.74, 6) is -0.798. The van der Waals surface area contributed by atoms with Crippen LogP contribution in [0.5, 0.6) is 0 Å². The van der Waals surface area contributed by atoms with Gasteiger partial charge in [0.15, 0.2) is 0 Å². The van der Waals surface area contributed by atoms with Gasteiger partial charge in [-0.2, -0.15) is 0 Å². The molecule has 5 heteroatoms. The van der Waals surface area contributed by atoms with Crippen LogP contribution >= 0.6 is 0 Å². The molecular weight excluding hydrogens is 232 g/mol. The van der Waals surface area contributed by atoms with E-state index in [4.69, 9.17) is 5.11 Å². The number of unbranched alkanes of at least 4 members (excludes halogenated alkanes) is 1. The molecule has 1 atom stereocenters. The van der Waals surface area contributed by atoms with E-state index in [1.807, 2.05) is 6.92 Å². The summed E-state index contributed by atoms with van der Waals surface area (Å²) >= 11 is 0. The van der Waals surface area contributed by atoms with Gasteiger partial charge in [-0.3, -0.25) is 4.79 Å². The van der Waals surface area contributed by atoms with Crippen LogP contribution < -0.4 is 10.6 Å². The summed E-state index contributed by atoms with van der Waals surface area (Å²) in [4.78, 5) is 22.7. The Hall–Kier alpha value is -1.26. The number of rotatable bonds is 7. The van der Waals surface area contributed by atoms with Crippen molar-refractivity contribution in [2.75, 3.05) is 6.54 Å². The van der Waals surface area contributed by atoms with Gasteiger partial charge in [-0.15, -0.1) is 0 Å². The Bertz CT molecular complexity index is 301. The minimum Gasteiger partial charge on any atom is -0.481 e. The Morgan fingerprint density at radius 1 is 1.39 bits per heavy atom. The quantitative estimate of drug-likeness (QED) is 0.653. The number of aliphatic carboxylic acids is 1. The summed E-state index contributed by atoms with van der Waals surface area (Å²) < 4.78 is 0. The van der Waals surface area contributed by atoms with Gasteiger partial charge < -0.3 is 15.7 Å². The van der Waals surface area contributed by atoms with Crippen LogP contribution in [-0.4, -0.2) is 29.7 Å². The summed E-state index contributed by atoms with van der Waals surface area (Å²) in [5.41, 5.74) is -0.718. The molecule has 1 saturated carbocycles. The first-order valence-electron chi connectivity index (χ1n) is 6.78. The molecule has 0 aromatic carbocycles. The number of carbonyl (C=O) groups is 2. The molecule has 1 fully saturated rings. The topological polar surface area (TPSA) is 78.4 Å². The maximum atomic E-state index is 11.6. The maximum absolute atomic E-state index is 11.6. The third kappa shape index (κ3) is 3.89. The highest BCUT2D eigenvalue weighted by Crippen LogP contribution is 2.40. The monoisotopic (exact) mass is 256 g/mol. The zero-order chi connectivity index (χ0) is 13.6. The van der Waals surface area contributed by atoms with E-state index in [1.165, 1.54) is 0 Å². The van der Waals surface area contributed by atoms with Gasteiger partial charge >= 0.3 is 12.0 Å². The van der Waals surface area contributed by atoms with E-state index in [0.29, 0.717) is 12.8 Å². The first-order chi connectivity index (χ1) is 8.50. The number of carboxylic acids is 1. The smallest absolute Gasteiger partial charge is 0.315 e. The van der Waals surface area contributed by atoms with Crippen molar-refractivity contribution in [3.63, 3.8) is 0 Å². The number of nitrogens with one attached hydrogen (secondary N) is 2. The van der Waals surface area contributed by atoms with Crippen molar-refractivity contribution < 1.29 is 14.7 Å². The second-order valence-electron chi connectivity index (χ2n) is 5.31. The standard InChI is InChI=1S/C13H24N2O3/c1-3-4-6-10(2)15-12(18)14-9-13(11(16)17)7-5-8-13/h10H,3-9H2,1-2H3,(H,16,17)(H2,14,15,18).